The Balaban J connectivity index is 1.58. The molecular formula is C23H21N3O2. The molecule has 0 heterocycles. The lowest BCUT2D eigenvalue weighted by molar-refractivity contribution is -0.138. The number of carbonyl (C=O) groups is 1. The summed E-state index contributed by atoms with van der Waals surface area (Å²) in [4.78, 5) is 24.0. The van der Waals surface area contributed by atoms with E-state index in [0.717, 1.165) is 29.0 Å². The number of aryl methyl sites for hydroxylation is 1. The van der Waals surface area contributed by atoms with Crippen molar-refractivity contribution in [2.24, 2.45) is 9.98 Å². The Kier molecular flexibility index (Phi) is 6.34. The fraction of sp³-hybridized carbons (Fsp3) is 0.130. The zero-order valence-electron chi connectivity index (χ0n) is 15.8. The van der Waals surface area contributed by atoms with Gasteiger partial charge in [0.15, 0.2) is 0 Å². The quantitative estimate of drug-likeness (QED) is 0.452. The standard InChI is InChI=1S/C23H21N3O2/c1-17-3-9-21(10-4-17)24-16-25-22-11-5-19(6-12-22)15-20-7-13-23(14-8-20)26-28-18(2)27/h3-14,26H,15H2,1-2H3. The molecule has 0 radical (unpaired) electrons. The summed E-state index contributed by atoms with van der Waals surface area (Å²) >= 11 is 0. The van der Waals surface area contributed by atoms with Crippen molar-refractivity contribution in [2.75, 3.05) is 5.48 Å². The maximum absolute atomic E-state index is 10.8. The van der Waals surface area contributed by atoms with Gasteiger partial charge >= 0.3 is 5.97 Å². The topological polar surface area (TPSA) is 63.0 Å². The zero-order chi connectivity index (χ0) is 19.8. The minimum atomic E-state index is -0.379. The molecule has 0 aromatic heterocycles. The van der Waals surface area contributed by atoms with Crippen molar-refractivity contribution in [3.63, 3.8) is 0 Å². The summed E-state index contributed by atoms with van der Waals surface area (Å²) in [6, 6.07) is 26.3. The molecule has 0 unspecified atom stereocenters. The minimum Gasteiger partial charge on any atom is -0.344 e. The highest BCUT2D eigenvalue weighted by molar-refractivity contribution is 5.67. The van der Waals surface area contributed by atoms with E-state index in [9.17, 15) is 4.79 Å². The van der Waals surface area contributed by atoms with Crippen LogP contribution in [0.2, 0.25) is 0 Å². The third kappa shape index (κ3) is 5.94. The van der Waals surface area contributed by atoms with Crippen LogP contribution in [0, 0.1) is 6.92 Å². The second-order valence-electron chi connectivity index (χ2n) is 6.40. The molecule has 28 heavy (non-hydrogen) atoms. The van der Waals surface area contributed by atoms with Gasteiger partial charge in [-0.1, -0.05) is 42.0 Å². The molecule has 0 spiro atoms. The summed E-state index contributed by atoms with van der Waals surface area (Å²) in [5, 5.41) is 0. The van der Waals surface area contributed by atoms with Crippen molar-refractivity contribution in [1.29, 1.82) is 0 Å². The zero-order valence-corrected chi connectivity index (χ0v) is 15.8. The van der Waals surface area contributed by atoms with E-state index in [2.05, 4.69) is 21.5 Å². The number of nitrogens with one attached hydrogen (secondary N) is 1. The van der Waals surface area contributed by atoms with Gasteiger partial charge in [-0.15, -0.1) is 0 Å². The van der Waals surface area contributed by atoms with Crippen molar-refractivity contribution < 1.29 is 9.63 Å². The lowest BCUT2D eigenvalue weighted by atomic mass is 10.0. The number of nitrogens with zero attached hydrogens (tertiary/aromatic N) is 2. The number of anilines is 1. The van der Waals surface area contributed by atoms with E-state index < -0.39 is 0 Å². The second-order valence-corrected chi connectivity index (χ2v) is 6.40. The van der Waals surface area contributed by atoms with Gasteiger partial charge in [-0.25, -0.2) is 5.48 Å². The van der Waals surface area contributed by atoms with Crippen LogP contribution in [0.3, 0.4) is 0 Å². The molecule has 0 aliphatic heterocycles. The Labute approximate surface area is 164 Å². The molecule has 0 bridgehead atoms. The van der Waals surface area contributed by atoms with Crippen molar-refractivity contribution >= 4 is 29.0 Å². The second kappa shape index (κ2) is 9.31. The smallest absolute Gasteiger partial charge is 0.329 e. The Morgan fingerprint density at radius 3 is 1.89 bits per heavy atom. The van der Waals surface area contributed by atoms with Gasteiger partial charge < -0.3 is 4.84 Å². The molecule has 0 saturated heterocycles. The molecule has 3 aromatic rings. The molecule has 0 aliphatic carbocycles. The predicted octanol–water partition coefficient (Wildman–Crippen LogP) is 5.61. The molecule has 0 aliphatic rings. The molecule has 0 fully saturated rings. The highest BCUT2D eigenvalue weighted by atomic mass is 16.7. The fourth-order valence-corrected chi connectivity index (χ4v) is 2.51. The molecule has 3 rings (SSSR count). The monoisotopic (exact) mass is 371 g/mol. The summed E-state index contributed by atoms with van der Waals surface area (Å²) in [6.07, 6.45) is 0.801. The minimum absolute atomic E-state index is 0.379. The summed E-state index contributed by atoms with van der Waals surface area (Å²) in [5.41, 5.74) is 8.50. The first kappa shape index (κ1) is 19.1. The van der Waals surface area contributed by atoms with E-state index in [4.69, 9.17) is 4.84 Å². The van der Waals surface area contributed by atoms with Gasteiger partial charge in [-0.05, 0) is 60.9 Å². The maximum atomic E-state index is 10.8. The van der Waals surface area contributed by atoms with E-state index in [-0.39, 0.29) is 5.97 Å². The van der Waals surface area contributed by atoms with Crippen LogP contribution in [0.1, 0.15) is 23.6 Å². The van der Waals surface area contributed by atoms with Crippen LogP contribution in [0.4, 0.5) is 17.1 Å². The molecule has 0 atom stereocenters. The third-order valence-electron chi connectivity index (χ3n) is 4.00. The van der Waals surface area contributed by atoms with E-state index >= 15 is 0 Å². The number of benzene rings is 3. The molecule has 5 nitrogen and oxygen atoms in total. The summed E-state index contributed by atoms with van der Waals surface area (Å²) in [5.74, 6) is -0.379. The number of aliphatic imine (C=N–C) groups is 2. The Morgan fingerprint density at radius 1 is 0.857 bits per heavy atom. The largest absolute Gasteiger partial charge is 0.344 e. The highest BCUT2D eigenvalue weighted by Gasteiger charge is 1.99. The molecular weight excluding hydrogens is 350 g/mol. The van der Waals surface area contributed by atoms with E-state index in [1.165, 1.54) is 18.1 Å². The third-order valence-corrected chi connectivity index (χ3v) is 4.00. The van der Waals surface area contributed by atoms with Crippen LogP contribution < -0.4 is 5.48 Å². The molecule has 140 valence electrons. The molecule has 1 N–H and O–H groups in total. The normalized spacial score (nSPS) is 9.93. The lowest BCUT2D eigenvalue weighted by Gasteiger charge is -2.06. The van der Waals surface area contributed by atoms with Gasteiger partial charge in [0.1, 0.15) is 6.01 Å². The summed E-state index contributed by atoms with van der Waals surface area (Å²) in [6.45, 7) is 3.39. The van der Waals surface area contributed by atoms with Crippen LogP contribution in [0.25, 0.3) is 0 Å². The van der Waals surface area contributed by atoms with Crippen molar-refractivity contribution in [3.05, 3.63) is 89.5 Å². The van der Waals surface area contributed by atoms with Crippen LogP contribution in [-0.2, 0) is 16.1 Å². The molecule has 0 saturated carbocycles. The highest BCUT2D eigenvalue weighted by Crippen LogP contribution is 2.17. The maximum Gasteiger partial charge on any atom is 0.329 e. The van der Waals surface area contributed by atoms with Crippen LogP contribution in [0.15, 0.2) is 82.8 Å². The van der Waals surface area contributed by atoms with Crippen molar-refractivity contribution in [2.45, 2.75) is 20.3 Å². The molecule has 5 heteroatoms. The van der Waals surface area contributed by atoms with E-state index in [0.29, 0.717) is 0 Å². The van der Waals surface area contributed by atoms with Gasteiger partial charge in [0.2, 0.25) is 0 Å². The number of rotatable bonds is 6. The average Bonchev–Trinajstić information content (AvgIpc) is 2.70. The van der Waals surface area contributed by atoms with E-state index in [1.807, 2.05) is 79.7 Å². The molecule has 3 aromatic carbocycles. The van der Waals surface area contributed by atoms with Crippen LogP contribution in [-0.4, -0.2) is 12.0 Å². The Hall–Kier alpha value is -3.69. The van der Waals surface area contributed by atoms with Gasteiger partial charge in [0.25, 0.3) is 0 Å². The lowest BCUT2D eigenvalue weighted by Crippen LogP contribution is -2.05. The average molecular weight is 371 g/mol. The van der Waals surface area contributed by atoms with Gasteiger partial charge in [-0.2, -0.15) is 9.98 Å². The van der Waals surface area contributed by atoms with Crippen LogP contribution >= 0.6 is 0 Å². The Bertz CT molecular complexity index is 986. The molecule has 0 amide bonds. The fourth-order valence-electron chi connectivity index (χ4n) is 2.51. The first-order chi connectivity index (χ1) is 13.6. The first-order valence-corrected chi connectivity index (χ1v) is 8.93. The SMILES string of the molecule is CC(=O)ONc1ccc(Cc2ccc(N=C=Nc3ccc(C)cc3)cc2)cc1. The summed E-state index contributed by atoms with van der Waals surface area (Å²) < 4.78 is 0. The van der Waals surface area contributed by atoms with Crippen LogP contribution in [0.5, 0.6) is 0 Å². The number of carbonyl (C=O) groups excluding carboxylic acids is 1. The van der Waals surface area contributed by atoms with E-state index in [1.54, 1.807) is 0 Å². The van der Waals surface area contributed by atoms with Gasteiger partial charge in [0.05, 0.1) is 17.1 Å². The summed E-state index contributed by atoms with van der Waals surface area (Å²) in [7, 11) is 0. The number of hydrogen-bond acceptors (Lipinski definition) is 5. The van der Waals surface area contributed by atoms with Crippen molar-refractivity contribution in [3.8, 4) is 0 Å². The van der Waals surface area contributed by atoms with Gasteiger partial charge in [-0.3, -0.25) is 4.79 Å². The predicted molar refractivity (Wildman–Crippen MR) is 111 cm³/mol. The van der Waals surface area contributed by atoms with Gasteiger partial charge in [0, 0.05) is 6.92 Å². The Morgan fingerprint density at radius 2 is 1.36 bits per heavy atom. The first-order valence-electron chi connectivity index (χ1n) is 8.93. The number of hydrogen-bond donors (Lipinski definition) is 1. The van der Waals surface area contributed by atoms with Crippen molar-refractivity contribution in [1.82, 2.24) is 0 Å².